The van der Waals surface area contributed by atoms with Gasteiger partial charge < -0.3 is 19.3 Å². The van der Waals surface area contributed by atoms with Crippen molar-refractivity contribution in [2.75, 3.05) is 73.7 Å². The van der Waals surface area contributed by atoms with Gasteiger partial charge in [0.05, 0.1) is 13.2 Å². The summed E-state index contributed by atoms with van der Waals surface area (Å²) in [5, 5.41) is 0. The van der Waals surface area contributed by atoms with Crippen LogP contribution in [0.15, 0.2) is 30.3 Å². The quantitative estimate of drug-likeness (QED) is 0.607. The highest BCUT2D eigenvalue weighted by atomic mass is 16.5. The molecule has 0 aromatic heterocycles. The fourth-order valence-corrected chi connectivity index (χ4v) is 4.69. The molecule has 27 heavy (non-hydrogen) atoms. The number of likely N-dealkylation sites (tertiary alicyclic amines) is 2. The lowest BCUT2D eigenvalue weighted by Crippen LogP contribution is -2.43. The first-order chi connectivity index (χ1) is 13.0. The van der Waals surface area contributed by atoms with Gasteiger partial charge in [-0.15, -0.1) is 0 Å². The topological polar surface area (TPSA) is 45.3 Å². The van der Waals surface area contributed by atoms with E-state index < -0.39 is 0 Å². The highest BCUT2D eigenvalue weighted by molar-refractivity contribution is 5.78. The lowest BCUT2D eigenvalue weighted by atomic mass is 9.80. The first kappa shape index (κ1) is 20.3. The third-order valence-electron chi connectivity index (χ3n) is 5.72. The second-order valence-corrected chi connectivity index (χ2v) is 8.27. The van der Waals surface area contributed by atoms with Crippen LogP contribution in [0.2, 0.25) is 0 Å². The van der Waals surface area contributed by atoms with Crippen LogP contribution in [0.1, 0.15) is 5.56 Å². The van der Waals surface area contributed by atoms with E-state index >= 15 is 0 Å². The zero-order valence-electron chi connectivity index (χ0n) is 16.9. The summed E-state index contributed by atoms with van der Waals surface area (Å²) in [6, 6.07) is 10.7. The summed E-state index contributed by atoms with van der Waals surface area (Å²) in [6.45, 7) is 6.90. The summed E-state index contributed by atoms with van der Waals surface area (Å²) in [6.07, 6.45) is 0. The van der Waals surface area contributed by atoms with Crippen molar-refractivity contribution < 1.29 is 14.3 Å². The second-order valence-electron chi connectivity index (χ2n) is 8.27. The molecule has 2 fully saturated rings. The number of fused-ring (bicyclic) bond motifs is 1. The van der Waals surface area contributed by atoms with Gasteiger partial charge in [0, 0.05) is 51.8 Å². The van der Waals surface area contributed by atoms with Crippen molar-refractivity contribution in [3.05, 3.63) is 35.9 Å². The van der Waals surface area contributed by atoms with Crippen molar-refractivity contribution in [2.45, 2.75) is 6.54 Å². The van der Waals surface area contributed by atoms with E-state index in [1.807, 2.05) is 4.90 Å². The molecule has 0 spiro atoms. The number of carbonyl (C=O) groups excluding carboxylic acids is 1. The van der Waals surface area contributed by atoms with Gasteiger partial charge in [-0.1, -0.05) is 30.3 Å². The number of hydrogen-bond donors (Lipinski definition) is 0. The fraction of sp³-hybridized carbons (Fsp3) is 0.667. The van der Waals surface area contributed by atoms with Crippen LogP contribution in [0, 0.1) is 11.3 Å². The van der Waals surface area contributed by atoms with Crippen molar-refractivity contribution >= 4 is 5.91 Å². The van der Waals surface area contributed by atoms with Crippen LogP contribution >= 0.6 is 0 Å². The molecule has 2 aliphatic rings. The predicted octanol–water partition coefficient (Wildman–Crippen LogP) is 1.17. The van der Waals surface area contributed by atoms with Crippen LogP contribution in [-0.4, -0.2) is 94.4 Å². The number of benzene rings is 1. The molecular weight excluding hydrogens is 342 g/mol. The molecule has 0 bridgehead atoms. The maximum absolute atomic E-state index is 12.6. The monoisotopic (exact) mass is 375 g/mol. The van der Waals surface area contributed by atoms with Crippen LogP contribution < -0.4 is 0 Å². The van der Waals surface area contributed by atoms with E-state index in [1.54, 1.807) is 7.11 Å². The Hall–Kier alpha value is -1.47. The van der Waals surface area contributed by atoms with E-state index in [0.29, 0.717) is 19.1 Å². The van der Waals surface area contributed by atoms with E-state index in [4.69, 9.17) is 9.47 Å². The van der Waals surface area contributed by atoms with Crippen LogP contribution in [-0.2, 0) is 20.8 Å². The Bertz CT molecular complexity index is 610. The summed E-state index contributed by atoms with van der Waals surface area (Å²) in [5.74, 6) is 0.625. The number of nitrogens with zero attached hydrogens (tertiary/aromatic N) is 3. The van der Waals surface area contributed by atoms with Crippen LogP contribution in [0.25, 0.3) is 0 Å². The van der Waals surface area contributed by atoms with Gasteiger partial charge >= 0.3 is 0 Å². The van der Waals surface area contributed by atoms with Crippen molar-refractivity contribution in [3.8, 4) is 0 Å². The van der Waals surface area contributed by atoms with E-state index in [1.165, 1.54) is 5.56 Å². The molecule has 6 heteroatoms. The number of amides is 1. The Morgan fingerprint density at radius 2 is 1.96 bits per heavy atom. The molecule has 1 aromatic rings. The average molecular weight is 376 g/mol. The summed E-state index contributed by atoms with van der Waals surface area (Å²) >= 11 is 0. The third-order valence-corrected chi connectivity index (χ3v) is 5.72. The van der Waals surface area contributed by atoms with Crippen molar-refractivity contribution in [1.82, 2.24) is 14.7 Å². The number of ether oxygens (including phenoxy) is 2. The first-order valence-electron chi connectivity index (χ1n) is 9.78. The molecule has 0 radical (unpaired) electrons. The molecule has 0 unspecified atom stereocenters. The lowest BCUT2D eigenvalue weighted by Gasteiger charge is -2.32. The van der Waals surface area contributed by atoms with Crippen molar-refractivity contribution in [3.63, 3.8) is 0 Å². The highest BCUT2D eigenvalue weighted by Crippen LogP contribution is 2.43. The molecule has 1 amide bonds. The van der Waals surface area contributed by atoms with Gasteiger partial charge in [0.2, 0.25) is 5.91 Å². The minimum absolute atomic E-state index is 0.105. The van der Waals surface area contributed by atoms with Gasteiger partial charge in [-0.3, -0.25) is 9.69 Å². The number of rotatable bonds is 9. The summed E-state index contributed by atoms with van der Waals surface area (Å²) in [5.41, 5.74) is 1.51. The maximum Gasteiger partial charge on any atom is 0.248 e. The Kier molecular flexibility index (Phi) is 6.87. The number of carbonyl (C=O) groups is 1. The van der Waals surface area contributed by atoms with Gasteiger partial charge in [-0.05, 0) is 25.6 Å². The lowest BCUT2D eigenvalue weighted by molar-refractivity contribution is -0.136. The van der Waals surface area contributed by atoms with E-state index in [9.17, 15) is 4.79 Å². The molecule has 150 valence electrons. The summed E-state index contributed by atoms with van der Waals surface area (Å²) in [7, 11) is 5.90. The molecule has 3 rings (SSSR count). The zero-order valence-corrected chi connectivity index (χ0v) is 16.9. The smallest absolute Gasteiger partial charge is 0.248 e. The Morgan fingerprint density at radius 1 is 1.19 bits per heavy atom. The molecular formula is C21H33N3O3. The number of hydrogen-bond acceptors (Lipinski definition) is 5. The third kappa shape index (κ3) is 5.08. The standard InChI is InChI=1S/C21H33N3O3/c1-22(2)15-21-16-23(11-18-7-5-4-6-8-18)12-19(21)13-24(17-21)20(25)14-27-10-9-26-3/h4-8,19H,9-17H2,1-3H3/t19-,21+/m1/s1. The van der Waals surface area contributed by atoms with Gasteiger partial charge in [0.25, 0.3) is 0 Å². The molecule has 0 N–H and O–H groups in total. The fourth-order valence-electron chi connectivity index (χ4n) is 4.69. The normalized spacial score (nSPS) is 25.3. The Morgan fingerprint density at radius 3 is 2.67 bits per heavy atom. The van der Waals surface area contributed by atoms with Gasteiger partial charge in [0.1, 0.15) is 6.61 Å². The molecule has 2 heterocycles. The molecule has 2 saturated heterocycles. The second kappa shape index (κ2) is 9.15. The maximum atomic E-state index is 12.6. The van der Waals surface area contributed by atoms with Gasteiger partial charge in [-0.2, -0.15) is 0 Å². The average Bonchev–Trinajstić information content (AvgIpc) is 3.11. The van der Waals surface area contributed by atoms with Gasteiger partial charge in [0.15, 0.2) is 0 Å². The minimum Gasteiger partial charge on any atom is -0.382 e. The molecule has 0 aliphatic carbocycles. The van der Waals surface area contributed by atoms with Crippen LogP contribution in [0.3, 0.4) is 0 Å². The van der Waals surface area contributed by atoms with E-state index in [0.717, 1.165) is 39.3 Å². The Labute approximate surface area is 163 Å². The SMILES string of the molecule is COCCOCC(=O)N1C[C@H]2CN(Cc3ccccc3)C[C@@]2(CN(C)C)C1. The van der Waals surface area contributed by atoms with E-state index in [-0.39, 0.29) is 17.9 Å². The zero-order chi connectivity index (χ0) is 19.3. The van der Waals surface area contributed by atoms with E-state index in [2.05, 4.69) is 54.2 Å². The largest absolute Gasteiger partial charge is 0.382 e. The minimum atomic E-state index is 0.105. The summed E-state index contributed by atoms with van der Waals surface area (Å²) < 4.78 is 10.4. The Balaban J connectivity index is 1.60. The first-order valence-corrected chi connectivity index (χ1v) is 9.78. The van der Waals surface area contributed by atoms with Crippen LogP contribution in [0.5, 0.6) is 0 Å². The molecule has 1 aromatic carbocycles. The summed E-state index contributed by atoms with van der Waals surface area (Å²) in [4.78, 5) is 19.4. The molecule has 2 atom stereocenters. The molecule has 6 nitrogen and oxygen atoms in total. The van der Waals surface area contributed by atoms with Crippen molar-refractivity contribution in [1.29, 1.82) is 0 Å². The predicted molar refractivity (Wildman–Crippen MR) is 105 cm³/mol. The van der Waals surface area contributed by atoms with Crippen LogP contribution in [0.4, 0.5) is 0 Å². The highest BCUT2D eigenvalue weighted by Gasteiger charge is 2.53. The van der Waals surface area contributed by atoms with Gasteiger partial charge in [-0.25, -0.2) is 0 Å². The molecule has 0 saturated carbocycles. The number of methoxy groups -OCH3 is 1. The van der Waals surface area contributed by atoms with Crippen molar-refractivity contribution in [2.24, 2.45) is 11.3 Å². The molecule has 2 aliphatic heterocycles.